The van der Waals surface area contributed by atoms with Crippen LogP contribution >= 0.6 is 0 Å². The van der Waals surface area contributed by atoms with Crippen molar-refractivity contribution in [2.45, 2.75) is 12.5 Å². The van der Waals surface area contributed by atoms with Crippen LogP contribution in [0.2, 0.25) is 0 Å². The lowest BCUT2D eigenvalue weighted by Gasteiger charge is -2.20. The molecule has 0 aliphatic carbocycles. The number of carbonyl (C=O) groups is 1. The summed E-state index contributed by atoms with van der Waals surface area (Å²) >= 11 is 0. The van der Waals surface area contributed by atoms with E-state index in [1.54, 1.807) is 0 Å². The maximum atomic E-state index is 11.8. The zero-order valence-electron chi connectivity index (χ0n) is 11.3. The second kappa shape index (κ2) is 5.90. The summed E-state index contributed by atoms with van der Waals surface area (Å²) in [6.07, 6.45) is 0. The summed E-state index contributed by atoms with van der Waals surface area (Å²) in [7, 11) is 0. The van der Waals surface area contributed by atoms with Crippen molar-refractivity contribution in [3.05, 3.63) is 42.5 Å². The van der Waals surface area contributed by atoms with Crippen molar-refractivity contribution < 1.29 is 15.0 Å². The molecule has 2 rings (SSSR count). The minimum Gasteiger partial charge on any atom is -0.393 e. The van der Waals surface area contributed by atoms with Crippen molar-refractivity contribution in [3.8, 4) is 0 Å². The number of urea groups is 1. The first kappa shape index (κ1) is 14.3. The molecule has 5 heteroatoms. The number of amides is 2. The molecule has 0 radical (unpaired) electrons. The summed E-state index contributed by atoms with van der Waals surface area (Å²) in [5.41, 5.74) is -0.625. The molecule has 2 aromatic rings. The number of carbonyl (C=O) groups excluding carboxylic acids is 1. The molecule has 1 unspecified atom stereocenters. The third-order valence-electron chi connectivity index (χ3n) is 3.01. The molecule has 20 heavy (non-hydrogen) atoms. The average molecular weight is 274 g/mol. The molecule has 106 valence electrons. The van der Waals surface area contributed by atoms with Crippen molar-refractivity contribution in [2.24, 2.45) is 0 Å². The van der Waals surface area contributed by atoms with E-state index in [1.807, 2.05) is 42.5 Å². The number of aliphatic hydroxyl groups excluding tert-OH is 1. The van der Waals surface area contributed by atoms with E-state index in [0.717, 1.165) is 10.8 Å². The Morgan fingerprint density at radius 1 is 1.20 bits per heavy atom. The molecule has 0 fully saturated rings. The molecule has 2 aromatic carbocycles. The number of fused-ring (bicyclic) bond motifs is 1. The van der Waals surface area contributed by atoms with E-state index in [9.17, 15) is 9.90 Å². The van der Waals surface area contributed by atoms with E-state index in [-0.39, 0.29) is 6.54 Å². The fraction of sp³-hybridized carbons (Fsp3) is 0.267. The molecular formula is C15H18N2O3. The maximum absolute atomic E-state index is 11.8. The minimum absolute atomic E-state index is 0.0277. The highest BCUT2D eigenvalue weighted by Gasteiger charge is 2.19. The molecular weight excluding hydrogens is 256 g/mol. The van der Waals surface area contributed by atoms with Crippen LogP contribution in [0.5, 0.6) is 0 Å². The van der Waals surface area contributed by atoms with Crippen LogP contribution in [-0.2, 0) is 0 Å². The van der Waals surface area contributed by atoms with E-state index in [2.05, 4.69) is 10.6 Å². The van der Waals surface area contributed by atoms with Crippen LogP contribution in [0.4, 0.5) is 10.5 Å². The van der Waals surface area contributed by atoms with Crippen molar-refractivity contribution in [3.63, 3.8) is 0 Å². The highest BCUT2D eigenvalue weighted by molar-refractivity contribution is 6.01. The molecule has 0 saturated carbocycles. The van der Waals surface area contributed by atoms with Gasteiger partial charge in [0.25, 0.3) is 0 Å². The molecule has 0 aromatic heterocycles. The first-order valence-electron chi connectivity index (χ1n) is 6.38. The van der Waals surface area contributed by atoms with Crippen LogP contribution in [0.15, 0.2) is 42.5 Å². The Labute approximate surface area is 117 Å². The number of aliphatic hydroxyl groups is 2. The lowest BCUT2D eigenvalue weighted by Crippen LogP contribution is -2.44. The summed E-state index contributed by atoms with van der Waals surface area (Å²) in [5.74, 6) is 0. The number of benzene rings is 2. The molecule has 0 heterocycles. The average Bonchev–Trinajstić information content (AvgIpc) is 2.46. The SMILES string of the molecule is CC(O)(CO)CNC(=O)Nc1cccc2ccccc12. The van der Waals surface area contributed by atoms with Crippen molar-refractivity contribution in [1.82, 2.24) is 5.32 Å². The van der Waals surface area contributed by atoms with Crippen molar-refractivity contribution in [2.75, 3.05) is 18.5 Å². The van der Waals surface area contributed by atoms with Gasteiger partial charge in [-0.05, 0) is 18.4 Å². The third-order valence-corrected chi connectivity index (χ3v) is 3.01. The highest BCUT2D eigenvalue weighted by Crippen LogP contribution is 2.22. The van der Waals surface area contributed by atoms with E-state index in [4.69, 9.17) is 5.11 Å². The van der Waals surface area contributed by atoms with Gasteiger partial charge in [0.15, 0.2) is 0 Å². The first-order chi connectivity index (χ1) is 9.52. The van der Waals surface area contributed by atoms with Crippen LogP contribution in [0, 0.1) is 0 Å². The van der Waals surface area contributed by atoms with Crippen LogP contribution < -0.4 is 10.6 Å². The third kappa shape index (κ3) is 3.46. The Bertz CT molecular complexity index is 606. The van der Waals surface area contributed by atoms with Gasteiger partial charge in [0.05, 0.1) is 18.8 Å². The van der Waals surface area contributed by atoms with Gasteiger partial charge >= 0.3 is 6.03 Å². The largest absolute Gasteiger partial charge is 0.393 e. The van der Waals surface area contributed by atoms with Gasteiger partial charge in [-0.15, -0.1) is 0 Å². The van der Waals surface area contributed by atoms with Gasteiger partial charge in [0.2, 0.25) is 0 Å². The van der Waals surface area contributed by atoms with Gasteiger partial charge in [0.1, 0.15) is 5.60 Å². The zero-order valence-corrected chi connectivity index (χ0v) is 11.3. The summed E-state index contributed by atoms with van der Waals surface area (Å²) < 4.78 is 0. The Hall–Kier alpha value is -2.11. The van der Waals surface area contributed by atoms with Gasteiger partial charge in [-0.3, -0.25) is 0 Å². The fourth-order valence-corrected chi connectivity index (χ4v) is 1.83. The molecule has 5 nitrogen and oxygen atoms in total. The number of rotatable bonds is 4. The van der Waals surface area contributed by atoms with Crippen LogP contribution in [0.1, 0.15) is 6.92 Å². The van der Waals surface area contributed by atoms with Gasteiger partial charge in [-0.25, -0.2) is 4.79 Å². The topological polar surface area (TPSA) is 81.6 Å². The van der Waals surface area contributed by atoms with Crippen LogP contribution in [-0.4, -0.2) is 35.0 Å². The summed E-state index contributed by atoms with van der Waals surface area (Å²) in [6.45, 7) is 1.01. The Morgan fingerprint density at radius 2 is 1.90 bits per heavy atom. The van der Waals surface area contributed by atoms with Gasteiger partial charge in [-0.1, -0.05) is 36.4 Å². The Kier molecular flexibility index (Phi) is 4.22. The molecule has 4 N–H and O–H groups in total. The highest BCUT2D eigenvalue weighted by atomic mass is 16.3. The quantitative estimate of drug-likeness (QED) is 0.685. The smallest absolute Gasteiger partial charge is 0.319 e. The predicted octanol–water partition coefficient (Wildman–Crippen LogP) is 1.70. The molecule has 1 atom stereocenters. The number of nitrogens with one attached hydrogen (secondary N) is 2. The fourth-order valence-electron chi connectivity index (χ4n) is 1.83. The molecule has 0 aliphatic heterocycles. The predicted molar refractivity (Wildman–Crippen MR) is 78.7 cm³/mol. The molecule has 2 amide bonds. The zero-order chi connectivity index (χ0) is 14.6. The minimum atomic E-state index is -1.32. The van der Waals surface area contributed by atoms with E-state index >= 15 is 0 Å². The number of hydrogen-bond acceptors (Lipinski definition) is 3. The monoisotopic (exact) mass is 274 g/mol. The lowest BCUT2D eigenvalue weighted by atomic mass is 10.1. The maximum Gasteiger partial charge on any atom is 0.319 e. The normalized spacial score (nSPS) is 13.8. The Morgan fingerprint density at radius 3 is 2.65 bits per heavy atom. The van der Waals surface area contributed by atoms with Crippen molar-refractivity contribution >= 4 is 22.5 Å². The van der Waals surface area contributed by atoms with Gasteiger partial charge in [0, 0.05) is 5.39 Å². The number of hydrogen-bond donors (Lipinski definition) is 4. The molecule has 0 aliphatic rings. The number of anilines is 1. The lowest BCUT2D eigenvalue weighted by molar-refractivity contribution is 0.00514. The summed E-state index contributed by atoms with van der Waals surface area (Å²) in [4.78, 5) is 11.8. The van der Waals surface area contributed by atoms with Crippen LogP contribution in [0.25, 0.3) is 10.8 Å². The second-order valence-corrected chi connectivity index (χ2v) is 4.99. The summed E-state index contributed by atoms with van der Waals surface area (Å²) in [5, 5.41) is 25.8. The first-order valence-corrected chi connectivity index (χ1v) is 6.38. The standard InChI is InChI=1S/C15H18N2O3/c1-15(20,10-18)9-16-14(19)17-13-8-4-6-11-5-2-3-7-12(11)13/h2-8,18,20H,9-10H2,1H3,(H2,16,17,19). The van der Waals surface area contributed by atoms with E-state index in [0.29, 0.717) is 5.69 Å². The van der Waals surface area contributed by atoms with Gasteiger partial charge in [-0.2, -0.15) is 0 Å². The van der Waals surface area contributed by atoms with Gasteiger partial charge < -0.3 is 20.8 Å². The molecule has 0 spiro atoms. The molecule has 0 bridgehead atoms. The second-order valence-electron chi connectivity index (χ2n) is 4.99. The van der Waals surface area contributed by atoms with Crippen molar-refractivity contribution in [1.29, 1.82) is 0 Å². The van der Waals surface area contributed by atoms with E-state index in [1.165, 1.54) is 6.92 Å². The van der Waals surface area contributed by atoms with Crippen LogP contribution in [0.3, 0.4) is 0 Å². The Balaban J connectivity index is 2.07. The van der Waals surface area contributed by atoms with E-state index < -0.39 is 18.2 Å². The molecule has 0 saturated heterocycles. The summed E-state index contributed by atoms with van der Waals surface area (Å²) in [6, 6.07) is 13.0.